The molecule has 1 saturated heterocycles. The van der Waals surface area contributed by atoms with Crippen LogP contribution in [0, 0.1) is 0 Å². The van der Waals surface area contributed by atoms with E-state index in [0.29, 0.717) is 24.7 Å². The van der Waals surface area contributed by atoms with Crippen molar-refractivity contribution in [2.45, 2.75) is 90.0 Å². The van der Waals surface area contributed by atoms with Crippen molar-refractivity contribution in [1.29, 1.82) is 0 Å². The summed E-state index contributed by atoms with van der Waals surface area (Å²) in [4.78, 5) is 14.8. The number of hydrogen-bond acceptors (Lipinski definition) is 3. The van der Waals surface area contributed by atoms with E-state index in [4.69, 9.17) is 0 Å². The van der Waals surface area contributed by atoms with Crippen molar-refractivity contribution in [2.75, 3.05) is 0 Å². The molecule has 1 amide bonds. The highest BCUT2D eigenvalue weighted by atomic mass is 16.2. The second-order valence-electron chi connectivity index (χ2n) is 7.34. The summed E-state index contributed by atoms with van der Waals surface area (Å²) in [5.74, 6) is 0.112. The fraction of sp³-hybridized carbons (Fsp3) is 0.778. The van der Waals surface area contributed by atoms with Gasteiger partial charge in [0, 0.05) is 18.3 Å². The molecule has 3 rings (SSSR count). The van der Waals surface area contributed by atoms with Crippen LogP contribution in [-0.4, -0.2) is 38.7 Å². The number of amides is 1. The molecule has 128 valence electrons. The highest BCUT2D eigenvalue weighted by Gasteiger charge is 2.34. The van der Waals surface area contributed by atoms with Gasteiger partial charge in [-0.3, -0.25) is 14.4 Å². The Kier molecular flexibility index (Phi) is 5.05. The fourth-order valence-corrected chi connectivity index (χ4v) is 4.28. The predicted molar refractivity (Wildman–Crippen MR) is 91.0 cm³/mol. The maximum atomic E-state index is 12.5. The van der Waals surface area contributed by atoms with Crippen LogP contribution in [0.4, 0.5) is 0 Å². The molecule has 2 aliphatic rings. The van der Waals surface area contributed by atoms with Gasteiger partial charge >= 0.3 is 0 Å². The van der Waals surface area contributed by atoms with E-state index in [2.05, 4.69) is 40.0 Å². The quantitative estimate of drug-likeness (QED) is 0.908. The van der Waals surface area contributed by atoms with Crippen LogP contribution in [-0.2, 0) is 11.3 Å². The third-order valence-electron chi connectivity index (χ3n) is 5.65. The standard InChI is InChI=1S/C18H30N4O/c1-13-8-9-14(2)22(13)15(3)18(23)19-12-16-10-11-21(20-16)17-6-4-5-7-17/h10-11,13-15,17H,4-9,12H2,1-3H3,(H,19,23). The molecule has 3 unspecified atom stereocenters. The molecule has 5 heteroatoms. The first kappa shape index (κ1) is 16.5. The van der Waals surface area contributed by atoms with Gasteiger partial charge in [-0.25, -0.2) is 0 Å². The highest BCUT2D eigenvalue weighted by Crippen LogP contribution is 2.29. The minimum Gasteiger partial charge on any atom is -0.349 e. The molecule has 5 nitrogen and oxygen atoms in total. The molecule has 3 atom stereocenters. The van der Waals surface area contributed by atoms with Crippen LogP contribution in [0.3, 0.4) is 0 Å². The van der Waals surface area contributed by atoms with Crippen LogP contribution in [0.25, 0.3) is 0 Å². The van der Waals surface area contributed by atoms with Crippen molar-refractivity contribution in [2.24, 2.45) is 0 Å². The first-order valence-electron chi connectivity index (χ1n) is 9.15. The molecule has 0 aromatic carbocycles. The summed E-state index contributed by atoms with van der Waals surface area (Å²) in [5, 5.41) is 7.70. The lowest BCUT2D eigenvalue weighted by Gasteiger charge is -2.31. The molecule has 1 aromatic heterocycles. The molecule has 2 heterocycles. The summed E-state index contributed by atoms with van der Waals surface area (Å²) in [5.41, 5.74) is 0.958. The van der Waals surface area contributed by atoms with Gasteiger partial charge in [0.25, 0.3) is 0 Å². The zero-order valence-electron chi connectivity index (χ0n) is 14.7. The third-order valence-corrected chi connectivity index (χ3v) is 5.65. The number of aromatic nitrogens is 2. The molecular weight excluding hydrogens is 288 g/mol. The van der Waals surface area contributed by atoms with Gasteiger partial charge in [-0.05, 0) is 52.5 Å². The van der Waals surface area contributed by atoms with E-state index in [-0.39, 0.29) is 11.9 Å². The van der Waals surface area contributed by atoms with E-state index in [1.807, 2.05) is 13.0 Å². The summed E-state index contributed by atoms with van der Waals surface area (Å²) in [6.07, 6.45) is 9.51. The number of carbonyl (C=O) groups excluding carboxylic acids is 1. The average molecular weight is 318 g/mol. The van der Waals surface area contributed by atoms with E-state index in [1.165, 1.54) is 38.5 Å². The third kappa shape index (κ3) is 3.60. The van der Waals surface area contributed by atoms with Gasteiger partial charge in [0.1, 0.15) is 0 Å². The van der Waals surface area contributed by atoms with Crippen molar-refractivity contribution < 1.29 is 4.79 Å². The molecular formula is C18H30N4O. The van der Waals surface area contributed by atoms with Crippen LogP contribution < -0.4 is 5.32 Å². The second-order valence-corrected chi connectivity index (χ2v) is 7.34. The largest absolute Gasteiger partial charge is 0.349 e. The van der Waals surface area contributed by atoms with E-state index in [9.17, 15) is 4.79 Å². The highest BCUT2D eigenvalue weighted by molar-refractivity contribution is 5.81. The molecule has 1 saturated carbocycles. The molecule has 1 N–H and O–H groups in total. The van der Waals surface area contributed by atoms with Gasteiger partial charge < -0.3 is 5.32 Å². The fourth-order valence-electron chi connectivity index (χ4n) is 4.28. The predicted octanol–water partition coefficient (Wildman–Crippen LogP) is 2.88. The van der Waals surface area contributed by atoms with Crippen molar-refractivity contribution in [1.82, 2.24) is 20.0 Å². The van der Waals surface area contributed by atoms with Crippen LogP contribution >= 0.6 is 0 Å². The Bertz CT molecular complexity index is 525. The lowest BCUT2D eigenvalue weighted by molar-refractivity contribution is -0.127. The molecule has 0 spiro atoms. The van der Waals surface area contributed by atoms with E-state index >= 15 is 0 Å². The number of nitrogens with zero attached hydrogens (tertiary/aromatic N) is 3. The zero-order chi connectivity index (χ0) is 16.4. The smallest absolute Gasteiger partial charge is 0.237 e. The van der Waals surface area contributed by atoms with E-state index < -0.39 is 0 Å². The van der Waals surface area contributed by atoms with Gasteiger partial charge in [-0.1, -0.05) is 12.8 Å². The average Bonchev–Trinajstić information content (AvgIpc) is 3.25. The monoisotopic (exact) mass is 318 g/mol. The molecule has 23 heavy (non-hydrogen) atoms. The Morgan fingerprint density at radius 1 is 1.26 bits per heavy atom. The minimum absolute atomic E-state index is 0.0700. The lowest BCUT2D eigenvalue weighted by Crippen LogP contribution is -2.48. The number of rotatable bonds is 5. The van der Waals surface area contributed by atoms with E-state index in [0.717, 1.165) is 5.69 Å². The van der Waals surface area contributed by atoms with Crippen molar-refractivity contribution in [3.8, 4) is 0 Å². The second kappa shape index (κ2) is 7.04. The number of carbonyl (C=O) groups is 1. The van der Waals surface area contributed by atoms with Gasteiger partial charge in [0.15, 0.2) is 0 Å². The molecule has 0 radical (unpaired) electrons. The first-order valence-corrected chi connectivity index (χ1v) is 9.15. The summed E-state index contributed by atoms with van der Waals surface area (Å²) in [6, 6.07) is 3.51. The molecule has 0 bridgehead atoms. The maximum absolute atomic E-state index is 12.5. The first-order chi connectivity index (χ1) is 11.1. The Labute approximate surface area is 139 Å². The minimum atomic E-state index is -0.0700. The van der Waals surface area contributed by atoms with Crippen LogP contribution in [0.5, 0.6) is 0 Å². The van der Waals surface area contributed by atoms with Crippen LogP contribution in [0.1, 0.15) is 71.0 Å². The van der Waals surface area contributed by atoms with E-state index in [1.54, 1.807) is 0 Å². The van der Waals surface area contributed by atoms with Crippen molar-refractivity contribution in [3.63, 3.8) is 0 Å². The molecule has 1 aliphatic carbocycles. The number of likely N-dealkylation sites (tertiary alicyclic amines) is 1. The lowest BCUT2D eigenvalue weighted by atomic mass is 10.2. The van der Waals surface area contributed by atoms with Gasteiger partial charge in [-0.2, -0.15) is 5.10 Å². The van der Waals surface area contributed by atoms with Gasteiger partial charge in [0.2, 0.25) is 5.91 Å². The van der Waals surface area contributed by atoms with Crippen molar-refractivity contribution >= 4 is 5.91 Å². The van der Waals surface area contributed by atoms with Crippen LogP contribution in [0.15, 0.2) is 12.3 Å². The number of hydrogen-bond donors (Lipinski definition) is 1. The summed E-state index contributed by atoms with van der Waals surface area (Å²) in [6.45, 7) is 6.98. The Morgan fingerprint density at radius 2 is 1.91 bits per heavy atom. The topological polar surface area (TPSA) is 50.2 Å². The summed E-state index contributed by atoms with van der Waals surface area (Å²) < 4.78 is 2.09. The van der Waals surface area contributed by atoms with Gasteiger partial charge in [-0.15, -0.1) is 0 Å². The summed E-state index contributed by atoms with van der Waals surface area (Å²) in [7, 11) is 0. The van der Waals surface area contributed by atoms with Crippen LogP contribution in [0.2, 0.25) is 0 Å². The maximum Gasteiger partial charge on any atom is 0.237 e. The normalized spacial score (nSPS) is 27.4. The molecule has 2 fully saturated rings. The Balaban J connectivity index is 1.52. The van der Waals surface area contributed by atoms with Crippen molar-refractivity contribution in [3.05, 3.63) is 18.0 Å². The SMILES string of the molecule is CC1CCC(C)N1C(C)C(=O)NCc1ccn(C2CCCC2)n1. The van der Waals surface area contributed by atoms with Gasteiger partial charge in [0.05, 0.1) is 24.3 Å². The Morgan fingerprint density at radius 3 is 2.57 bits per heavy atom. The Hall–Kier alpha value is -1.36. The number of nitrogens with one attached hydrogen (secondary N) is 1. The molecule has 1 aromatic rings. The molecule has 1 aliphatic heterocycles. The summed E-state index contributed by atoms with van der Waals surface area (Å²) >= 11 is 0. The zero-order valence-corrected chi connectivity index (χ0v) is 14.7.